The second kappa shape index (κ2) is 9.53. The third kappa shape index (κ3) is 4.80. The van der Waals surface area contributed by atoms with Gasteiger partial charge in [0.15, 0.2) is 11.5 Å². The highest BCUT2D eigenvalue weighted by Gasteiger charge is 2.15. The summed E-state index contributed by atoms with van der Waals surface area (Å²) in [5, 5.41) is 7.61. The van der Waals surface area contributed by atoms with Crippen molar-refractivity contribution in [2.24, 2.45) is 5.73 Å². The van der Waals surface area contributed by atoms with Crippen molar-refractivity contribution in [3.05, 3.63) is 53.8 Å². The van der Waals surface area contributed by atoms with Crippen molar-refractivity contribution < 1.29 is 14.3 Å². The van der Waals surface area contributed by atoms with Crippen molar-refractivity contribution in [2.45, 2.75) is 0 Å². The summed E-state index contributed by atoms with van der Waals surface area (Å²) >= 11 is 1.29. The van der Waals surface area contributed by atoms with E-state index in [1.165, 1.54) is 17.7 Å². The van der Waals surface area contributed by atoms with Crippen molar-refractivity contribution >= 4 is 34.4 Å². The molecule has 0 bridgehead atoms. The molecule has 1 amide bonds. The number of hydrogen-bond acceptors (Lipinski definition) is 9. The first-order chi connectivity index (χ1) is 16.2. The normalized spacial score (nSPS) is 14.4. The summed E-state index contributed by atoms with van der Waals surface area (Å²) in [6, 6.07) is 11.2. The molecule has 170 valence electrons. The summed E-state index contributed by atoms with van der Waals surface area (Å²) in [6.07, 6.45) is 3.17. The van der Waals surface area contributed by atoms with Crippen LogP contribution in [-0.4, -0.2) is 69.8 Å². The second-order valence-corrected chi connectivity index (χ2v) is 8.55. The molecule has 4 aromatic rings. The number of amides is 1. The van der Waals surface area contributed by atoms with Gasteiger partial charge in [-0.3, -0.25) is 9.69 Å². The van der Waals surface area contributed by atoms with Gasteiger partial charge in [0, 0.05) is 25.3 Å². The van der Waals surface area contributed by atoms with Crippen LogP contribution in [-0.2, 0) is 4.74 Å². The number of rotatable bonds is 8. The molecule has 4 heterocycles. The number of anilines is 2. The number of nitrogens with two attached hydrogens (primary N) is 1. The largest absolute Gasteiger partial charge is 0.492 e. The van der Waals surface area contributed by atoms with E-state index in [1.54, 1.807) is 16.8 Å². The van der Waals surface area contributed by atoms with Crippen LogP contribution in [0.25, 0.3) is 16.2 Å². The highest BCUT2D eigenvalue weighted by atomic mass is 32.1. The van der Waals surface area contributed by atoms with E-state index in [-0.39, 0.29) is 0 Å². The summed E-state index contributed by atoms with van der Waals surface area (Å²) < 4.78 is 12.9. The maximum absolute atomic E-state index is 11.4. The molecule has 0 aliphatic carbocycles. The van der Waals surface area contributed by atoms with Gasteiger partial charge in [-0.05, 0) is 36.4 Å². The fourth-order valence-corrected chi connectivity index (χ4v) is 4.42. The van der Waals surface area contributed by atoms with Crippen LogP contribution < -0.4 is 15.8 Å². The average Bonchev–Trinajstić information content (AvgIpc) is 3.52. The Balaban J connectivity index is 1.26. The lowest BCUT2D eigenvalue weighted by atomic mass is 10.3. The van der Waals surface area contributed by atoms with Gasteiger partial charge in [-0.15, -0.1) is 11.3 Å². The van der Waals surface area contributed by atoms with E-state index >= 15 is 0 Å². The molecule has 1 aliphatic heterocycles. The van der Waals surface area contributed by atoms with Crippen LogP contribution in [0.2, 0.25) is 0 Å². The van der Waals surface area contributed by atoms with Crippen LogP contribution in [0.15, 0.2) is 48.9 Å². The average molecular weight is 466 g/mol. The first-order valence-electron chi connectivity index (χ1n) is 10.6. The third-order valence-electron chi connectivity index (χ3n) is 5.30. The minimum atomic E-state index is -0.458. The number of carbonyl (C=O) groups excluding carboxylic acids is 1. The number of hydrogen-bond donors (Lipinski definition) is 2. The molecule has 0 atom stereocenters. The zero-order valence-corrected chi connectivity index (χ0v) is 18.6. The van der Waals surface area contributed by atoms with Crippen LogP contribution in [0.4, 0.5) is 11.5 Å². The van der Waals surface area contributed by atoms with Gasteiger partial charge in [-0.25, -0.2) is 14.5 Å². The van der Waals surface area contributed by atoms with Crippen LogP contribution in [0.1, 0.15) is 9.67 Å². The molecule has 33 heavy (non-hydrogen) atoms. The van der Waals surface area contributed by atoms with Gasteiger partial charge in [-0.1, -0.05) is 0 Å². The van der Waals surface area contributed by atoms with E-state index in [1.807, 2.05) is 30.3 Å². The lowest BCUT2D eigenvalue weighted by molar-refractivity contribution is 0.0322. The Morgan fingerprint density at radius 1 is 1.15 bits per heavy atom. The fraction of sp³-hybridized carbons (Fsp3) is 0.273. The van der Waals surface area contributed by atoms with Gasteiger partial charge in [0.1, 0.15) is 24.4 Å². The smallest absolute Gasteiger partial charge is 0.258 e. The summed E-state index contributed by atoms with van der Waals surface area (Å²) in [7, 11) is 0. The molecular weight excluding hydrogens is 442 g/mol. The van der Waals surface area contributed by atoms with Crippen LogP contribution in [0, 0.1) is 0 Å². The highest BCUT2D eigenvalue weighted by Crippen LogP contribution is 2.30. The molecule has 3 aromatic heterocycles. The molecule has 0 spiro atoms. The fourth-order valence-electron chi connectivity index (χ4n) is 3.57. The number of morpholine rings is 1. The molecule has 1 saturated heterocycles. The van der Waals surface area contributed by atoms with Crippen molar-refractivity contribution in [1.29, 1.82) is 0 Å². The minimum Gasteiger partial charge on any atom is -0.492 e. The third-order valence-corrected chi connectivity index (χ3v) is 6.42. The van der Waals surface area contributed by atoms with Gasteiger partial charge < -0.3 is 20.5 Å². The Kier molecular flexibility index (Phi) is 6.15. The van der Waals surface area contributed by atoms with E-state index in [0.29, 0.717) is 22.9 Å². The van der Waals surface area contributed by atoms with Gasteiger partial charge in [0.2, 0.25) is 0 Å². The van der Waals surface area contributed by atoms with Gasteiger partial charge in [0.05, 0.1) is 29.2 Å². The van der Waals surface area contributed by atoms with Gasteiger partial charge in [0.25, 0.3) is 5.91 Å². The van der Waals surface area contributed by atoms with Crippen LogP contribution in [0.3, 0.4) is 0 Å². The summed E-state index contributed by atoms with van der Waals surface area (Å²) in [5.74, 6) is 0.928. The summed E-state index contributed by atoms with van der Waals surface area (Å²) in [6.45, 7) is 5.00. The SMILES string of the molecule is NC(=O)c1ccc(-c2cnc(Nc3ccc(OCCN4CCOCC4)cc3)c3ncnn23)s1. The van der Waals surface area contributed by atoms with Gasteiger partial charge >= 0.3 is 0 Å². The van der Waals surface area contributed by atoms with Crippen molar-refractivity contribution in [2.75, 3.05) is 44.8 Å². The molecule has 0 unspecified atom stereocenters. The Morgan fingerprint density at radius 2 is 1.97 bits per heavy atom. The van der Waals surface area contributed by atoms with Crippen molar-refractivity contribution in [1.82, 2.24) is 24.5 Å². The van der Waals surface area contributed by atoms with Crippen LogP contribution >= 0.6 is 11.3 Å². The highest BCUT2D eigenvalue weighted by molar-refractivity contribution is 7.17. The van der Waals surface area contributed by atoms with E-state index in [0.717, 1.165) is 54.9 Å². The monoisotopic (exact) mass is 465 g/mol. The quantitative estimate of drug-likeness (QED) is 0.407. The predicted molar refractivity (Wildman–Crippen MR) is 125 cm³/mol. The number of nitrogens with zero attached hydrogens (tertiary/aromatic N) is 5. The van der Waals surface area contributed by atoms with E-state index in [9.17, 15) is 4.79 Å². The predicted octanol–water partition coefficient (Wildman–Crippen LogP) is 2.41. The molecule has 0 saturated carbocycles. The molecule has 1 fully saturated rings. The molecule has 10 nitrogen and oxygen atoms in total. The minimum absolute atomic E-state index is 0.458. The number of aromatic nitrogens is 4. The Hall–Kier alpha value is -3.54. The zero-order valence-electron chi connectivity index (χ0n) is 17.8. The number of carbonyl (C=O) groups is 1. The molecule has 1 aromatic carbocycles. The maximum atomic E-state index is 11.4. The Morgan fingerprint density at radius 3 is 2.73 bits per heavy atom. The lowest BCUT2D eigenvalue weighted by Gasteiger charge is -2.26. The number of primary amides is 1. The maximum Gasteiger partial charge on any atom is 0.258 e. The standard InChI is InChI=1S/C22H23N7O3S/c23-20(30)19-6-5-18(33-19)17-13-24-21(22-25-14-26-29(17)22)27-15-1-3-16(4-2-15)32-12-9-28-7-10-31-11-8-28/h1-6,13-14H,7-12H2,(H2,23,30)(H,24,27). The molecule has 11 heteroatoms. The summed E-state index contributed by atoms with van der Waals surface area (Å²) in [5.41, 5.74) is 7.54. The first kappa shape index (κ1) is 21.3. The zero-order chi connectivity index (χ0) is 22.6. The lowest BCUT2D eigenvalue weighted by Crippen LogP contribution is -2.38. The Bertz CT molecular complexity index is 1250. The molecule has 5 rings (SSSR count). The molecule has 0 radical (unpaired) electrons. The number of benzene rings is 1. The number of ether oxygens (including phenoxy) is 2. The van der Waals surface area contributed by atoms with E-state index in [4.69, 9.17) is 15.2 Å². The second-order valence-electron chi connectivity index (χ2n) is 7.47. The van der Waals surface area contributed by atoms with Gasteiger partial charge in [-0.2, -0.15) is 5.10 Å². The van der Waals surface area contributed by atoms with Crippen molar-refractivity contribution in [3.8, 4) is 16.3 Å². The number of nitrogens with one attached hydrogen (secondary N) is 1. The Labute approximate surface area is 194 Å². The molecule has 3 N–H and O–H groups in total. The molecular formula is C22H23N7O3S. The van der Waals surface area contributed by atoms with E-state index in [2.05, 4.69) is 25.3 Å². The van der Waals surface area contributed by atoms with Crippen molar-refractivity contribution in [3.63, 3.8) is 0 Å². The number of thiophene rings is 1. The topological polar surface area (TPSA) is 120 Å². The summed E-state index contributed by atoms with van der Waals surface area (Å²) in [4.78, 5) is 24.0. The van der Waals surface area contributed by atoms with Crippen LogP contribution in [0.5, 0.6) is 5.75 Å². The number of fused-ring (bicyclic) bond motifs is 1. The first-order valence-corrected chi connectivity index (χ1v) is 11.4. The molecule has 1 aliphatic rings. The van der Waals surface area contributed by atoms with E-state index < -0.39 is 5.91 Å².